The Morgan fingerprint density at radius 2 is 1.68 bits per heavy atom. The van der Waals surface area contributed by atoms with Crippen LogP contribution in [0, 0.1) is 5.92 Å². The Labute approximate surface area is 112 Å². The summed E-state index contributed by atoms with van der Waals surface area (Å²) in [5.41, 5.74) is 0. The quantitative estimate of drug-likeness (QED) is 0.544. The van der Waals surface area contributed by atoms with E-state index in [1.165, 1.54) is 0 Å². The zero-order valence-electron chi connectivity index (χ0n) is 11.7. The summed E-state index contributed by atoms with van der Waals surface area (Å²) in [6, 6.07) is 0.0171. The molecule has 0 aliphatic rings. The lowest BCUT2D eigenvalue weighted by Crippen LogP contribution is -2.45. The molecule has 2 amide bonds. The van der Waals surface area contributed by atoms with E-state index in [0.717, 1.165) is 0 Å². The van der Waals surface area contributed by atoms with Gasteiger partial charge in [-0.25, -0.2) is 4.79 Å². The smallest absolute Gasteiger partial charge is 0.354 e. The van der Waals surface area contributed by atoms with Gasteiger partial charge in [-0.3, -0.25) is 9.59 Å². The van der Waals surface area contributed by atoms with Crippen molar-refractivity contribution in [1.82, 2.24) is 10.6 Å². The number of hydrogen-bond donors (Lipinski definition) is 3. The van der Waals surface area contributed by atoms with Crippen LogP contribution in [0.3, 0.4) is 0 Å². The lowest BCUT2D eigenvalue weighted by Gasteiger charge is -2.16. The normalized spacial score (nSPS) is 12.3. The molecule has 0 radical (unpaired) electrons. The number of rotatable bonds is 8. The average Bonchev–Trinajstić information content (AvgIpc) is 2.25. The van der Waals surface area contributed by atoms with Crippen LogP contribution >= 0.6 is 0 Å². The number of carbonyl (C=O) groups is 3. The summed E-state index contributed by atoms with van der Waals surface area (Å²) in [5.74, 6) is -2.28. The Hall–Kier alpha value is -1.63. The van der Waals surface area contributed by atoms with Crippen molar-refractivity contribution >= 4 is 17.8 Å². The van der Waals surface area contributed by atoms with Gasteiger partial charge in [-0.05, 0) is 13.8 Å². The number of amides is 2. The molecule has 0 fully saturated rings. The number of carbonyl (C=O) groups excluding carboxylic acids is 2. The molecule has 7 heteroatoms. The van der Waals surface area contributed by atoms with E-state index in [1.807, 2.05) is 13.8 Å². The second kappa shape index (κ2) is 8.47. The van der Waals surface area contributed by atoms with Crippen molar-refractivity contribution in [3.05, 3.63) is 0 Å². The molecule has 0 aliphatic heterocycles. The molecule has 0 saturated carbocycles. The van der Waals surface area contributed by atoms with E-state index in [1.54, 1.807) is 13.8 Å². The van der Waals surface area contributed by atoms with Crippen LogP contribution in [0.1, 0.15) is 34.1 Å². The number of hydrogen-bond acceptors (Lipinski definition) is 4. The number of aliphatic carboxylic acids is 1. The molecule has 0 spiro atoms. The minimum absolute atomic E-state index is 0.0171. The molecule has 110 valence electrons. The Balaban J connectivity index is 4.13. The van der Waals surface area contributed by atoms with E-state index in [4.69, 9.17) is 9.84 Å². The molecule has 0 aromatic heterocycles. The van der Waals surface area contributed by atoms with E-state index in [0.29, 0.717) is 0 Å². The topological polar surface area (TPSA) is 105 Å². The third-order valence-electron chi connectivity index (χ3n) is 2.09. The summed E-state index contributed by atoms with van der Waals surface area (Å²) < 4.78 is 4.98. The molecule has 1 atom stereocenters. The largest absolute Gasteiger partial charge is 0.478 e. The second-order valence-electron chi connectivity index (χ2n) is 4.72. The molecule has 0 rings (SSSR count). The lowest BCUT2D eigenvalue weighted by atomic mass is 10.2. The lowest BCUT2D eigenvalue weighted by molar-refractivity contribution is -0.157. The minimum Gasteiger partial charge on any atom is -0.478 e. The number of nitrogens with one attached hydrogen (secondary N) is 2. The van der Waals surface area contributed by atoms with Gasteiger partial charge in [0.2, 0.25) is 18.0 Å². The molecule has 19 heavy (non-hydrogen) atoms. The van der Waals surface area contributed by atoms with Crippen molar-refractivity contribution in [2.45, 2.75) is 46.4 Å². The molecule has 0 saturated heterocycles. The van der Waals surface area contributed by atoms with Crippen LogP contribution in [0.25, 0.3) is 0 Å². The first-order chi connectivity index (χ1) is 8.73. The molecule has 0 aromatic rings. The first kappa shape index (κ1) is 17.4. The highest BCUT2D eigenvalue weighted by atomic mass is 16.5. The summed E-state index contributed by atoms with van der Waals surface area (Å²) in [7, 11) is 0. The van der Waals surface area contributed by atoms with Crippen LogP contribution in [-0.2, 0) is 19.1 Å². The van der Waals surface area contributed by atoms with Crippen molar-refractivity contribution in [2.24, 2.45) is 5.92 Å². The first-order valence-corrected chi connectivity index (χ1v) is 6.18. The van der Waals surface area contributed by atoms with Crippen LogP contribution in [0.15, 0.2) is 0 Å². The van der Waals surface area contributed by atoms with Crippen molar-refractivity contribution in [3.8, 4) is 0 Å². The Morgan fingerprint density at radius 1 is 1.11 bits per heavy atom. The molecule has 0 aromatic carbocycles. The van der Waals surface area contributed by atoms with Gasteiger partial charge in [-0.2, -0.15) is 0 Å². The SMILES string of the molecule is CC(C)NC(=O)CCOC(NC(=O)C(C)C)C(=O)O. The van der Waals surface area contributed by atoms with Gasteiger partial charge in [0, 0.05) is 12.0 Å². The van der Waals surface area contributed by atoms with Crippen LogP contribution in [0.5, 0.6) is 0 Å². The van der Waals surface area contributed by atoms with Gasteiger partial charge in [-0.15, -0.1) is 0 Å². The number of carboxylic acids is 1. The van der Waals surface area contributed by atoms with Crippen molar-refractivity contribution in [1.29, 1.82) is 0 Å². The zero-order valence-corrected chi connectivity index (χ0v) is 11.7. The summed E-state index contributed by atoms with van der Waals surface area (Å²) in [6.07, 6.45) is -1.39. The maximum atomic E-state index is 11.4. The van der Waals surface area contributed by atoms with Gasteiger partial charge in [0.25, 0.3) is 0 Å². The second-order valence-corrected chi connectivity index (χ2v) is 4.72. The Kier molecular flexibility index (Phi) is 7.74. The van der Waals surface area contributed by atoms with E-state index in [2.05, 4.69) is 10.6 Å². The highest BCUT2D eigenvalue weighted by Crippen LogP contribution is 1.97. The number of ether oxygens (including phenoxy) is 1. The molecule has 0 heterocycles. The van der Waals surface area contributed by atoms with Crippen LogP contribution in [-0.4, -0.2) is 41.8 Å². The van der Waals surface area contributed by atoms with Gasteiger partial charge in [-0.1, -0.05) is 13.8 Å². The molecular formula is C12H22N2O5. The zero-order chi connectivity index (χ0) is 15.0. The third kappa shape index (κ3) is 8.15. The van der Waals surface area contributed by atoms with Gasteiger partial charge in [0.1, 0.15) is 0 Å². The van der Waals surface area contributed by atoms with Crippen molar-refractivity contribution < 1.29 is 24.2 Å². The van der Waals surface area contributed by atoms with E-state index in [-0.39, 0.29) is 30.9 Å². The van der Waals surface area contributed by atoms with E-state index >= 15 is 0 Å². The molecule has 0 bridgehead atoms. The fourth-order valence-corrected chi connectivity index (χ4v) is 1.13. The highest BCUT2D eigenvalue weighted by Gasteiger charge is 2.22. The fourth-order valence-electron chi connectivity index (χ4n) is 1.13. The highest BCUT2D eigenvalue weighted by molar-refractivity contribution is 5.83. The predicted octanol–water partition coefficient (Wildman–Crippen LogP) is 0.101. The number of carboxylic acid groups (broad SMARTS) is 1. The summed E-state index contributed by atoms with van der Waals surface area (Å²) in [5, 5.41) is 13.8. The average molecular weight is 274 g/mol. The van der Waals surface area contributed by atoms with Gasteiger partial charge in [0.05, 0.1) is 13.0 Å². The van der Waals surface area contributed by atoms with Crippen LogP contribution in [0.2, 0.25) is 0 Å². The predicted molar refractivity (Wildman–Crippen MR) is 68.3 cm³/mol. The monoisotopic (exact) mass is 274 g/mol. The van der Waals surface area contributed by atoms with Crippen molar-refractivity contribution in [2.75, 3.05) is 6.61 Å². The van der Waals surface area contributed by atoms with Crippen LogP contribution < -0.4 is 10.6 Å². The third-order valence-corrected chi connectivity index (χ3v) is 2.09. The van der Waals surface area contributed by atoms with Gasteiger partial charge >= 0.3 is 5.97 Å². The maximum Gasteiger partial charge on any atom is 0.354 e. The standard InChI is InChI=1S/C12H22N2O5/c1-7(2)10(16)14-11(12(17)18)19-6-5-9(15)13-8(3)4/h7-8,11H,5-6H2,1-4H3,(H,13,15)(H,14,16)(H,17,18). The van der Waals surface area contributed by atoms with E-state index in [9.17, 15) is 14.4 Å². The summed E-state index contributed by atoms with van der Waals surface area (Å²) >= 11 is 0. The van der Waals surface area contributed by atoms with E-state index < -0.39 is 18.1 Å². The Morgan fingerprint density at radius 3 is 2.11 bits per heavy atom. The maximum absolute atomic E-state index is 11.4. The summed E-state index contributed by atoms with van der Waals surface area (Å²) in [6.45, 7) is 6.85. The first-order valence-electron chi connectivity index (χ1n) is 6.18. The molecule has 3 N–H and O–H groups in total. The van der Waals surface area contributed by atoms with Gasteiger partial charge < -0.3 is 20.5 Å². The summed E-state index contributed by atoms with van der Waals surface area (Å²) in [4.78, 5) is 33.5. The molecule has 0 aliphatic carbocycles. The molecular weight excluding hydrogens is 252 g/mol. The molecule has 7 nitrogen and oxygen atoms in total. The molecule has 1 unspecified atom stereocenters. The van der Waals surface area contributed by atoms with Crippen molar-refractivity contribution in [3.63, 3.8) is 0 Å². The van der Waals surface area contributed by atoms with Crippen LogP contribution in [0.4, 0.5) is 0 Å². The van der Waals surface area contributed by atoms with Gasteiger partial charge in [0.15, 0.2) is 0 Å². The Bertz CT molecular complexity index is 328. The fraction of sp³-hybridized carbons (Fsp3) is 0.750. The minimum atomic E-state index is -1.43.